The summed E-state index contributed by atoms with van der Waals surface area (Å²) >= 11 is 5.79. The molecule has 29 heavy (non-hydrogen) atoms. The summed E-state index contributed by atoms with van der Waals surface area (Å²) in [6.45, 7) is 0. The van der Waals surface area contributed by atoms with Crippen LogP contribution in [0.1, 0.15) is 40.6 Å². The predicted octanol–water partition coefficient (Wildman–Crippen LogP) is 3.61. The SMILES string of the molecule is O=C(NC(c1ncnn1-c1ncccn1)C1CC1)c1cc(Cl)cc(C(F)(F)F)c1. The van der Waals surface area contributed by atoms with Crippen molar-refractivity contribution in [3.8, 4) is 5.95 Å². The third kappa shape index (κ3) is 4.21. The van der Waals surface area contributed by atoms with Gasteiger partial charge in [-0.25, -0.2) is 15.0 Å². The molecule has 11 heteroatoms. The zero-order chi connectivity index (χ0) is 20.6. The Labute approximate surface area is 168 Å². The summed E-state index contributed by atoms with van der Waals surface area (Å²) in [5, 5.41) is 6.71. The molecule has 0 radical (unpaired) electrons. The van der Waals surface area contributed by atoms with Crippen LogP contribution in [-0.4, -0.2) is 30.6 Å². The fourth-order valence-electron chi connectivity index (χ4n) is 2.95. The first kappa shape index (κ1) is 19.3. The fourth-order valence-corrected chi connectivity index (χ4v) is 3.18. The number of aromatic nitrogens is 5. The Morgan fingerprint density at radius 2 is 1.90 bits per heavy atom. The summed E-state index contributed by atoms with van der Waals surface area (Å²) in [7, 11) is 0. The zero-order valence-electron chi connectivity index (χ0n) is 14.8. The van der Waals surface area contributed by atoms with E-state index in [0.717, 1.165) is 25.0 Å². The minimum Gasteiger partial charge on any atom is -0.342 e. The van der Waals surface area contributed by atoms with Gasteiger partial charge in [0, 0.05) is 23.0 Å². The molecule has 1 N–H and O–H groups in total. The Morgan fingerprint density at radius 1 is 1.17 bits per heavy atom. The van der Waals surface area contributed by atoms with Crippen LogP contribution in [0.5, 0.6) is 0 Å². The lowest BCUT2D eigenvalue weighted by Crippen LogP contribution is -2.32. The third-order valence-electron chi connectivity index (χ3n) is 4.46. The Hall–Kier alpha value is -3.01. The number of benzene rings is 1. The second kappa shape index (κ2) is 7.43. The summed E-state index contributed by atoms with van der Waals surface area (Å²) in [4.78, 5) is 25.2. The number of nitrogens with zero attached hydrogens (tertiary/aromatic N) is 5. The summed E-state index contributed by atoms with van der Waals surface area (Å²) in [5.41, 5.74) is -1.17. The third-order valence-corrected chi connectivity index (χ3v) is 4.68. The second-order valence-corrected chi connectivity index (χ2v) is 7.03. The normalized spacial score (nSPS) is 15.2. The van der Waals surface area contributed by atoms with E-state index in [-0.39, 0.29) is 22.5 Å². The molecule has 0 saturated heterocycles. The summed E-state index contributed by atoms with van der Waals surface area (Å²) in [6.07, 6.45) is 1.48. The van der Waals surface area contributed by atoms with Gasteiger partial charge in [0.2, 0.25) is 0 Å². The van der Waals surface area contributed by atoms with E-state index in [1.807, 2.05) is 0 Å². The molecule has 1 fully saturated rings. The number of rotatable bonds is 5. The highest BCUT2D eigenvalue weighted by Crippen LogP contribution is 2.41. The number of nitrogens with one attached hydrogen (secondary N) is 1. The zero-order valence-corrected chi connectivity index (χ0v) is 15.5. The largest absolute Gasteiger partial charge is 0.416 e. The van der Waals surface area contributed by atoms with Crippen LogP contribution in [0.25, 0.3) is 5.95 Å². The number of alkyl halides is 3. The molecule has 3 aromatic rings. The van der Waals surface area contributed by atoms with E-state index in [4.69, 9.17) is 11.6 Å². The molecule has 1 aliphatic rings. The summed E-state index contributed by atoms with van der Waals surface area (Å²) in [6, 6.07) is 3.84. The molecular weight excluding hydrogens is 409 g/mol. The van der Waals surface area contributed by atoms with Crippen LogP contribution in [0.15, 0.2) is 43.0 Å². The van der Waals surface area contributed by atoms with E-state index in [1.54, 1.807) is 18.5 Å². The summed E-state index contributed by atoms with van der Waals surface area (Å²) < 4.78 is 40.6. The minimum atomic E-state index is -4.61. The first-order valence-corrected chi connectivity index (χ1v) is 9.06. The van der Waals surface area contributed by atoms with Crippen molar-refractivity contribution < 1.29 is 18.0 Å². The molecular formula is C18H14ClF3N6O. The standard InChI is InChI=1S/C18H14ClF3N6O/c19-13-7-11(6-12(8-13)18(20,21)22)16(29)27-14(10-2-3-10)15-25-9-26-28(15)17-23-4-1-5-24-17/h1,4-10,14H,2-3H2,(H,27,29). The lowest BCUT2D eigenvalue weighted by atomic mass is 10.1. The molecule has 7 nitrogen and oxygen atoms in total. The average Bonchev–Trinajstić information content (AvgIpc) is 3.41. The van der Waals surface area contributed by atoms with Gasteiger partial charge in [-0.3, -0.25) is 4.79 Å². The van der Waals surface area contributed by atoms with Gasteiger partial charge in [0.1, 0.15) is 6.33 Å². The molecule has 1 amide bonds. The molecule has 0 spiro atoms. The van der Waals surface area contributed by atoms with Crippen LogP contribution in [0.4, 0.5) is 13.2 Å². The Kier molecular flexibility index (Phi) is 4.95. The van der Waals surface area contributed by atoms with Crippen LogP contribution < -0.4 is 5.32 Å². The highest BCUT2D eigenvalue weighted by molar-refractivity contribution is 6.31. The molecule has 150 valence electrons. The second-order valence-electron chi connectivity index (χ2n) is 6.59. The van der Waals surface area contributed by atoms with Crippen LogP contribution in [0, 0.1) is 5.92 Å². The van der Waals surface area contributed by atoms with Crippen LogP contribution in [-0.2, 0) is 6.18 Å². The Balaban J connectivity index is 1.64. The van der Waals surface area contributed by atoms with Gasteiger partial charge in [0.25, 0.3) is 11.9 Å². The van der Waals surface area contributed by atoms with Crippen molar-refractivity contribution in [3.05, 3.63) is 65.0 Å². The maximum absolute atomic E-state index is 13.1. The van der Waals surface area contributed by atoms with E-state index in [9.17, 15) is 18.0 Å². The smallest absolute Gasteiger partial charge is 0.342 e. The van der Waals surface area contributed by atoms with Crippen molar-refractivity contribution in [1.82, 2.24) is 30.0 Å². The van der Waals surface area contributed by atoms with Gasteiger partial charge in [-0.05, 0) is 43.0 Å². The molecule has 1 aliphatic carbocycles. The molecule has 2 heterocycles. The van der Waals surface area contributed by atoms with E-state index < -0.39 is 23.7 Å². The van der Waals surface area contributed by atoms with Crippen molar-refractivity contribution in [2.75, 3.05) is 0 Å². The number of carbonyl (C=O) groups excluding carboxylic acids is 1. The van der Waals surface area contributed by atoms with Gasteiger partial charge < -0.3 is 5.32 Å². The van der Waals surface area contributed by atoms with Crippen molar-refractivity contribution in [2.45, 2.75) is 25.1 Å². The number of hydrogen-bond acceptors (Lipinski definition) is 5. The van der Waals surface area contributed by atoms with E-state index in [0.29, 0.717) is 5.82 Å². The van der Waals surface area contributed by atoms with E-state index in [2.05, 4.69) is 25.4 Å². The van der Waals surface area contributed by atoms with Gasteiger partial charge in [-0.2, -0.15) is 23.0 Å². The fraction of sp³-hybridized carbons (Fsp3) is 0.278. The molecule has 1 atom stereocenters. The van der Waals surface area contributed by atoms with E-state index >= 15 is 0 Å². The van der Waals surface area contributed by atoms with Crippen molar-refractivity contribution >= 4 is 17.5 Å². The topological polar surface area (TPSA) is 85.6 Å². The van der Waals surface area contributed by atoms with Crippen LogP contribution in [0.2, 0.25) is 5.02 Å². The number of hydrogen-bond donors (Lipinski definition) is 1. The first-order valence-electron chi connectivity index (χ1n) is 8.69. The highest BCUT2D eigenvalue weighted by Gasteiger charge is 2.38. The first-order chi connectivity index (χ1) is 13.8. The lowest BCUT2D eigenvalue weighted by molar-refractivity contribution is -0.137. The van der Waals surface area contributed by atoms with Crippen molar-refractivity contribution in [1.29, 1.82) is 0 Å². The maximum atomic E-state index is 13.1. The molecule has 4 rings (SSSR count). The molecule has 1 unspecified atom stereocenters. The van der Waals surface area contributed by atoms with Gasteiger partial charge in [-0.15, -0.1) is 0 Å². The Morgan fingerprint density at radius 3 is 2.55 bits per heavy atom. The summed E-state index contributed by atoms with van der Waals surface area (Å²) in [5.74, 6) is 0.0949. The van der Waals surface area contributed by atoms with E-state index in [1.165, 1.54) is 17.1 Å². The molecule has 0 bridgehead atoms. The molecule has 2 aromatic heterocycles. The number of amides is 1. The van der Waals surface area contributed by atoms with Gasteiger partial charge in [0.15, 0.2) is 5.82 Å². The predicted molar refractivity (Wildman–Crippen MR) is 96.3 cm³/mol. The van der Waals surface area contributed by atoms with Gasteiger partial charge >= 0.3 is 6.18 Å². The monoisotopic (exact) mass is 422 g/mol. The average molecular weight is 423 g/mol. The number of carbonyl (C=O) groups is 1. The highest BCUT2D eigenvalue weighted by atomic mass is 35.5. The quantitative estimate of drug-likeness (QED) is 0.679. The lowest BCUT2D eigenvalue weighted by Gasteiger charge is -2.18. The van der Waals surface area contributed by atoms with Crippen LogP contribution >= 0.6 is 11.6 Å². The maximum Gasteiger partial charge on any atom is 0.416 e. The van der Waals surface area contributed by atoms with Crippen molar-refractivity contribution in [2.24, 2.45) is 5.92 Å². The Bertz CT molecular complexity index is 1040. The van der Waals surface area contributed by atoms with Crippen LogP contribution in [0.3, 0.4) is 0 Å². The van der Waals surface area contributed by atoms with Gasteiger partial charge in [-0.1, -0.05) is 11.6 Å². The minimum absolute atomic E-state index is 0.0897. The van der Waals surface area contributed by atoms with Gasteiger partial charge in [0.05, 0.1) is 11.6 Å². The molecule has 0 aliphatic heterocycles. The van der Waals surface area contributed by atoms with Crippen molar-refractivity contribution in [3.63, 3.8) is 0 Å². The molecule has 1 aromatic carbocycles. The number of halogens is 4. The molecule has 1 saturated carbocycles.